The third kappa shape index (κ3) is 4.29. The van der Waals surface area contributed by atoms with Gasteiger partial charge in [0.15, 0.2) is 0 Å². The summed E-state index contributed by atoms with van der Waals surface area (Å²) < 4.78 is 15.0. The molecule has 108 valence electrons. The van der Waals surface area contributed by atoms with Crippen LogP contribution in [0, 0.1) is 5.82 Å². The SMILES string of the molecule is CCNC(Cc1ccc(Br)s1)Cc1c(F)cccc1Cl. The Labute approximate surface area is 136 Å². The van der Waals surface area contributed by atoms with Crippen LogP contribution in [-0.4, -0.2) is 12.6 Å². The molecule has 0 saturated heterocycles. The Kier molecular flexibility index (Phi) is 6.02. The number of hydrogen-bond donors (Lipinski definition) is 1. The minimum absolute atomic E-state index is 0.181. The van der Waals surface area contributed by atoms with E-state index in [4.69, 9.17) is 11.6 Å². The minimum Gasteiger partial charge on any atom is -0.314 e. The van der Waals surface area contributed by atoms with Gasteiger partial charge in [0, 0.05) is 21.5 Å². The van der Waals surface area contributed by atoms with E-state index in [9.17, 15) is 4.39 Å². The quantitative estimate of drug-likeness (QED) is 0.742. The van der Waals surface area contributed by atoms with Crippen molar-refractivity contribution in [2.24, 2.45) is 0 Å². The fourth-order valence-corrected chi connectivity index (χ4v) is 3.99. The summed E-state index contributed by atoms with van der Waals surface area (Å²) in [5, 5.41) is 3.91. The summed E-state index contributed by atoms with van der Waals surface area (Å²) >= 11 is 11.3. The van der Waals surface area contributed by atoms with E-state index in [2.05, 4.69) is 34.2 Å². The maximum absolute atomic E-state index is 13.9. The van der Waals surface area contributed by atoms with Gasteiger partial charge in [0.05, 0.1) is 3.79 Å². The predicted molar refractivity (Wildman–Crippen MR) is 88.3 cm³/mol. The van der Waals surface area contributed by atoms with Crippen molar-refractivity contribution in [1.29, 1.82) is 0 Å². The molecule has 2 aromatic rings. The van der Waals surface area contributed by atoms with Gasteiger partial charge in [-0.3, -0.25) is 0 Å². The van der Waals surface area contributed by atoms with Crippen molar-refractivity contribution in [3.05, 3.63) is 55.4 Å². The van der Waals surface area contributed by atoms with Crippen LogP contribution in [0.3, 0.4) is 0 Å². The molecule has 1 N–H and O–H groups in total. The molecule has 0 aliphatic rings. The minimum atomic E-state index is -0.229. The molecule has 0 saturated carbocycles. The lowest BCUT2D eigenvalue weighted by atomic mass is 10.0. The van der Waals surface area contributed by atoms with Gasteiger partial charge in [0.25, 0.3) is 0 Å². The Morgan fingerprint density at radius 1 is 1.30 bits per heavy atom. The van der Waals surface area contributed by atoms with Crippen LogP contribution in [0.15, 0.2) is 34.1 Å². The van der Waals surface area contributed by atoms with E-state index in [0.717, 1.165) is 16.8 Å². The van der Waals surface area contributed by atoms with Gasteiger partial charge < -0.3 is 5.32 Å². The summed E-state index contributed by atoms with van der Waals surface area (Å²) in [6, 6.07) is 9.16. The van der Waals surface area contributed by atoms with Gasteiger partial charge in [-0.05, 0) is 59.6 Å². The Balaban J connectivity index is 2.13. The maximum Gasteiger partial charge on any atom is 0.127 e. The van der Waals surface area contributed by atoms with E-state index in [1.54, 1.807) is 23.5 Å². The van der Waals surface area contributed by atoms with E-state index in [1.807, 2.05) is 6.07 Å². The fourth-order valence-electron chi connectivity index (χ4n) is 2.18. The Morgan fingerprint density at radius 2 is 2.10 bits per heavy atom. The highest BCUT2D eigenvalue weighted by Gasteiger charge is 2.15. The second-order valence-corrected chi connectivity index (χ2v) is 7.52. The van der Waals surface area contributed by atoms with Crippen LogP contribution in [0.2, 0.25) is 5.02 Å². The molecule has 1 aromatic heterocycles. The van der Waals surface area contributed by atoms with Crippen molar-refractivity contribution >= 4 is 38.9 Å². The topological polar surface area (TPSA) is 12.0 Å². The third-order valence-corrected chi connectivity index (χ3v) is 5.08. The van der Waals surface area contributed by atoms with Crippen molar-refractivity contribution < 1.29 is 4.39 Å². The van der Waals surface area contributed by atoms with Crippen LogP contribution in [0.5, 0.6) is 0 Å². The van der Waals surface area contributed by atoms with Crippen LogP contribution < -0.4 is 5.32 Å². The molecule has 0 amide bonds. The summed E-state index contributed by atoms with van der Waals surface area (Å²) in [6.45, 7) is 2.91. The van der Waals surface area contributed by atoms with Crippen molar-refractivity contribution in [1.82, 2.24) is 5.32 Å². The molecule has 1 atom stereocenters. The van der Waals surface area contributed by atoms with Gasteiger partial charge >= 0.3 is 0 Å². The average molecular weight is 377 g/mol. The predicted octanol–water partition coefficient (Wildman–Crippen LogP) is 5.07. The number of benzene rings is 1. The van der Waals surface area contributed by atoms with Crippen LogP contribution in [0.4, 0.5) is 4.39 Å². The highest BCUT2D eigenvalue weighted by Crippen LogP contribution is 2.25. The second-order valence-electron chi connectivity index (χ2n) is 4.57. The van der Waals surface area contributed by atoms with E-state index < -0.39 is 0 Å². The normalized spacial score (nSPS) is 12.6. The zero-order valence-corrected chi connectivity index (χ0v) is 14.3. The van der Waals surface area contributed by atoms with Gasteiger partial charge in [-0.1, -0.05) is 24.6 Å². The van der Waals surface area contributed by atoms with Gasteiger partial charge in [-0.15, -0.1) is 11.3 Å². The molecule has 20 heavy (non-hydrogen) atoms. The first kappa shape index (κ1) is 16.0. The van der Waals surface area contributed by atoms with E-state index in [0.29, 0.717) is 17.0 Å². The number of likely N-dealkylation sites (N-methyl/N-ethyl adjacent to an activating group) is 1. The monoisotopic (exact) mass is 375 g/mol. The summed E-state index contributed by atoms with van der Waals surface area (Å²) in [6.07, 6.45) is 1.46. The molecule has 1 heterocycles. The Morgan fingerprint density at radius 3 is 2.70 bits per heavy atom. The molecule has 2 rings (SSSR count). The standard InChI is InChI=1S/C15H16BrClFNS/c1-2-19-10(8-11-6-7-15(16)20-11)9-12-13(17)4-3-5-14(12)18/h3-7,10,19H,2,8-9H2,1H3. The molecule has 0 spiro atoms. The average Bonchev–Trinajstić information content (AvgIpc) is 2.80. The zero-order valence-electron chi connectivity index (χ0n) is 11.1. The van der Waals surface area contributed by atoms with Gasteiger partial charge in [0.1, 0.15) is 5.82 Å². The Bertz CT molecular complexity index is 553. The highest BCUT2D eigenvalue weighted by molar-refractivity contribution is 9.11. The molecule has 1 aromatic carbocycles. The van der Waals surface area contributed by atoms with Crippen molar-refractivity contribution in [3.63, 3.8) is 0 Å². The number of thiophene rings is 1. The van der Waals surface area contributed by atoms with E-state index >= 15 is 0 Å². The van der Waals surface area contributed by atoms with E-state index in [1.165, 1.54) is 10.9 Å². The van der Waals surface area contributed by atoms with Gasteiger partial charge in [0.2, 0.25) is 0 Å². The van der Waals surface area contributed by atoms with Crippen LogP contribution in [0.25, 0.3) is 0 Å². The molecular weight excluding hydrogens is 361 g/mol. The lowest BCUT2D eigenvalue weighted by Crippen LogP contribution is -2.33. The molecule has 5 heteroatoms. The highest BCUT2D eigenvalue weighted by atomic mass is 79.9. The molecule has 0 aliphatic carbocycles. The summed E-state index contributed by atoms with van der Waals surface area (Å²) in [5.41, 5.74) is 0.593. The Hall–Kier alpha value is -0.420. The van der Waals surface area contributed by atoms with Gasteiger partial charge in [-0.25, -0.2) is 4.39 Å². The molecule has 0 radical (unpaired) electrons. The first-order valence-corrected chi connectivity index (χ1v) is 8.49. The largest absolute Gasteiger partial charge is 0.314 e. The first-order valence-electron chi connectivity index (χ1n) is 6.50. The lowest BCUT2D eigenvalue weighted by Gasteiger charge is -2.18. The first-order chi connectivity index (χ1) is 9.60. The van der Waals surface area contributed by atoms with Crippen molar-refractivity contribution in [2.75, 3.05) is 6.54 Å². The van der Waals surface area contributed by atoms with Crippen molar-refractivity contribution in [2.45, 2.75) is 25.8 Å². The smallest absolute Gasteiger partial charge is 0.127 e. The molecular formula is C15H16BrClFNS. The van der Waals surface area contributed by atoms with Gasteiger partial charge in [-0.2, -0.15) is 0 Å². The van der Waals surface area contributed by atoms with Crippen LogP contribution >= 0.6 is 38.9 Å². The maximum atomic E-state index is 13.9. The molecule has 0 aliphatic heterocycles. The summed E-state index contributed by atoms with van der Waals surface area (Å²) in [5.74, 6) is -0.229. The molecule has 1 nitrogen and oxygen atoms in total. The lowest BCUT2D eigenvalue weighted by molar-refractivity contribution is 0.508. The summed E-state index contributed by atoms with van der Waals surface area (Å²) in [4.78, 5) is 1.27. The van der Waals surface area contributed by atoms with Crippen LogP contribution in [-0.2, 0) is 12.8 Å². The molecule has 0 fully saturated rings. The van der Waals surface area contributed by atoms with E-state index in [-0.39, 0.29) is 11.9 Å². The number of nitrogens with one attached hydrogen (secondary N) is 1. The molecule has 1 unspecified atom stereocenters. The van der Waals surface area contributed by atoms with Crippen molar-refractivity contribution in [3.8, 4) is 0 Å². The number of halogens is 3. The number of hydrogen-bond acceptors (Lipinski definition) is 2. The molecule has 0 bridgehead atoms. The second kappa shape index (κ2) is 7.55. The third-order valence-electron chi connectivity index (χ3n) is 3.08. The summed E-state index contributed by atoms with van der Waals surface area (Å²) in [7, 11) is 0. The number of rotatable bonds is 6. The zero-order chi connectivity index (χ0) is 14.5. The van der Waals surface area contributed by atoms with Crippen LogP contribution in [0.1, 0.15) is 17.4 Å². The fraction of sp³-hybridized carbons (Fsp3) is 0.333.